The van der Waals surface area contributed by atoms with E-state index < -0.39 is 0 Å². The van der Waals surface area contributed by atoms with E-state index in [1.807, 2.05) is 18.2 Å². The summed E-state index contributed by atoms with van der Waals surface area (Å²) in [5, 5.41) is 1.03. The van der Waals surface area contributed by atoms with Crippen LogP contribution in [-0.4, -0.2) is 22.1 Å². The molecular weight excluding hydrogens is 330 g/mol. The summed E-state index contributed by atoms with van der Waals surface area (Å²) < 4.78 is 29.4. The maximum atomic E-state index is 13.9. The van der Waals surface area contributed by atoms with Crippen LogP contribution < -0.4 is 0 Å². The largest absolute Gasteiger partial charge is 0.344 e. The Morgan fingerprint density at radius 1 is 1.04 bits per heavy atom. The third-order valence-corrected chi connectivity index (χ3v) is 5.67. The number of benzene rings is 2. The number of aromatic nitrogens is 1. The van der Waals surface area contributed by atoms with Crippen LogP contribution in [0.2, 0.25) is 0 Å². The van der Waals surface area contributed by atoms with Crippen LogP contribution in [-0.2, 0) is 25.9 Å². The molecule has 0 saturated heterocycles. The summed E-state index contributed by atoms with van der Waals surface area (Å²) in [6.07, 6.45) is 1.81. The Hall–Kier alpha value is -2.20. The van der Waals surface area contributed by atoms with E-state index in [0.29, 0.717) is 6.04 Å². The number of halogens is 2. The molecule has 2 aromatic carbocycles. The molecule has 1 aliphatic heterocycles. The van der Waals surface area contributed by atoms with Crippen molar-refractivity contribution in [1.29, 1.82) is 0 Å². The lowest BCUT2D eigenvalue weighted by atomic mass is 9.99. The van der Waals surface area contributed by atoms with Gasteiger partial charge in [0, 0.05) is 42.1 Å². The smallest absolute Gasteiger partial charge is 0.123 e. The molecule has 0 spiro atoms. The van der Waals surface area contributed by atoms with Crippen molar-refractivity contribution in [3.05, 3.63) is 70.9 Å². The fraction of sp³-hybridized carbons (Fsp3) is 0.364. The molecule has 4 heteroatoms. The summed E-state index contributed by atoms with van der Waals surface area (Å²) in [4.78, 5) is 2.44. The van der Waals surface area contributed by atoms with Crippen molar-refractivity contribution in [2.24, 2.45) is 0 Å². The van der Waals surface area contributed by atoms with Crippen molar-refractivity contribution in [3.8, 4) is 0 Å². The predicted molar refractivity (Wildman–Crippen MR) is 101 cm³/mol. The number of hydrogen-bond donors (Lipinski definition) is 0. The highest BCUT2D eigenvalue weighted by Crippen LogP contribution is 2.33. The molecular formula is C22H24F2N2. The van der Waals surface area contributed by atoms with Crippen LogP contribution >= 0.6 is 0 Å². The first-order valence-corrected chi connectivity index (χ1v) is 9.34. The Morgan fingerprint density at radius 3 is 2.50 bits per heavy atom. The van der Waals surface area contributed by atoms with Crippen LogP contribution in [0.4, 0.5) is 8.78 Å². The van der Waals surface area contributed by atoms with Gasteiger partial charge in [0.15, 0.2) is 0 Å². The van der Waals surface area contributed by atoms with Gasteiger partial charge in [-0.2, -0.15) is 0 Å². The average Bonchev–Trinajstić information content (AvgIpc) is 2.92. The number of rotatable bonds is 4. The van der Waals surface area contributed by atoms with E-state index in [4.69, 9.17) is 0 Å². The van der Waals surface area contributed by atoms with E-state index in [-0.39, 0.29) is 11.6 Å². The summed E-state index contributed by atoms with van der Waals surface area (Å²) >= 11 is 0. The quantitative estimate of drug-likeness (QED) is 0.645. The van der Waals surface area contributed by atoms with Crippen LogP contribution in [0.25, 0.3) is 10.9 Å². The molecule has 2 nitrogen and oxygen atoms in total. The van der Waals surface area contributed by atoms with Crippen molar-refractivity contribution >= 4 is 10.9 Å². The summed E-state index contributed by atoms with van der Waals surface area (Å²) in [7, 11) is 0. The Balaban J connectivity index is 1.74. The maximum Gasteiger partial charge on any atom is 0.123 e. The van der Waals surface area contributed by atoms with Crippen molar-refractivity contribution in [2.75, 3.05) is 6.54 Å². The lowest BCUT2D eigenvalue weighted by molar-refractivity contribution is 0.192. The van der Waals surface area contributed by atoms with Crippen LogP contribution in [0.5, 0.6) is 0 Å². The summed E-state index contributed by atoms with van der Waals surface area (Å²) in [5.74, 6) is -0.390. The predicted octanol–water partition coefficient (Wildman–Crippen LogP) is 4.93. The molecule has 1 aliphatic rings. The van der Waals surface area contributed by atoms with Crippen molar-refractivity contribution in [1.82, 2.24) is 9.47 Å². The van der Waals surface area contributed by atoms with Crippen molar-refractivity contribution < 1.29 is 8.78 Å². The second-order valence-electron chi connectivity index (χ2n) is 7.23. The Kier molecular flexibility index (Phi) is 4.53. The fourth-order valence-electron chi connectivity index (χ4n) is 4.20. The second-order valence-corrected chi connectivity index (χ2v) is 7.23. The van der Waals surface area contributed by atoms with Gasteiger partial charge in [0.25, 0.3) is 0 Å². The molecule has 3 aromatic rings. The first kappa shape index (κ1) is 17.2. The highest BCUT2D eigenvalue weighted by atomic mass is 19.1. The molecule has 0 radical (unpaired) electrons. The van der Waals surface area contributed by atoms with Gasteiger partial charge in [-0.05, 0) is 61.3 Å². The van der Waals surface area contributed by atoms with Gasteiger partial charge in [-0.15, -0.1) is 0 Å². The topological polar surface area (TPSA) is 8.17 Å². The van der Waals surface area contributed by atoms with Gasteiger partial charge in [-0.3, -0.25) is 4.90 Å². The molecule has 0 saturated carbocycles. The van der Waals surface area contributed by atoms with Crippen molar-refractivity contribution in [3.63, 3.8) is 0 Å². The molecule has 0 fully saturated rings. The van der Waals surface area contributed by atoms with Gasteiger partial charge < -0.3 is 4.57 Å². The van der Waals surface area contributed by atoms with E-state index in [0.717, 1.165) is 48.9 Å². The zero-order valence-corrected chi connectivity index (χ0v) is 15.3. The Morgan fingerprint density at radius 2 is 1.77 bits per heavy atom. The zero-order chi connectivity index (χ0) is 18.3. The molecule has 136 valence electrons. The van der Waals surface area contributed by atoms with Gasteiger partial charge in [0.2, 0.25) is 0 Å². The van der Waals surface area contributed by atoms with Crippen molar-refractivity contribution in [2.45, 2.75) is 45.8 Å². The number of aryl methyl sites for hydroxylation is 2. The maximum absolute atomic E-state index is 13.9. The van der Waals surface area contributed by atoms with Gasteiger partial charge in [-0.1, -0.05) is 19.1 Å². The normalized spacial score (nSPS) is 17.6. The molecule has 26 heavy (non-hydrogen) atoms. The number of nitrogens with zero attached hydrogens (tertiary/aromatic N) is 2. The fourth-order valence-corrected chi connectivity index (χ4v) is 4.20. The summed E-state index contributed by atoms with van der Waals surface area (Å²) in [6.45, 7) is 7.13. The molecule has 0 amide bonds. The highest BCUT2D eigenvalue weighted by molar-refractivity contribution is 5.86. The molecule has 1 unspecified atom stereocenters. The first-order chi connectivity index (χ1) is 12.6. The van der Waals surface area contributed by atoms with Gasteiger partial charge >= 0.3 is 0 Å². The van der Waals surface area contributed by atoms with E-state index >= 15 is 0 Å². The highest BCUT2D eigenvalue weighted by Gasteiger charge is 2.27. The minimum atomic E-state index is -0.207. The monoisotopic (exact) mass is 354 g/mol. The number of fused-ring (bicyclic) bond motifs is 3. The molecule has 0 N–H and O–H groups in total. The van der Waals surface area contributed by atoms with Crippen LogP contribution in [0.1, 0.15) is 30.7 Å². The van der Waals surface area contributed by atoms with Gasteiger partial charge in [-0.25, -0.2) is 8.78 Å². The summed E-state index contributed by atoms with van der Waals surface area (Å²) in [6, 6.07) is 12.3. The molecule has 1 aromatic heterocycles. The van der Waals surface area contributed by atoms with Crippen LogP contribution in [0, 0.1) is 11.6 Å². The molecule has 0 aliphatic carbocycles. The third-order valence-electron chi connectivity index (χ3n) is 5.67. The zero-order valence-electron chi connectivity index (χ0n) is 15.3. The standard InChI is InChI=1S/C22H24F2N2/c1-3-25-14-20-19-13-18(24)8-9-21(19)26(22(20)12-15(25)2)11-10-16-4-6-17(23)7-5-16/h4-9,13,15H,3,10-12,14H2,1-2H3. The molecule has 4 rings (SSSR count). The van der Waals surface area contributed by atoms with E-state index in [1.165, 1.54) is 23.4 Å². The minimum Gasteiger partial charge on any atom is -0.344 e. The average molecular weight is 354 g/mol. The number of likely N-dealkylation sites (N-methyl/N-ethyl adjacent to an activating group) is 1. The van der Waals surface area contributed by atoms with E-state index in [2.05, 4.69) is 23.3 Å². The molecule has 1 atom stereocenters. The Labute approximate surface area is 153 Å². The Bertz CT molecular complexity index is 927. The number of hydrogen-bond acceptors (Lipinski definition) is 1. The lowest BCUT2D eigenvalue weighted by Crippen LogP contribution is -2.38. The first-order valence-electron chi connectivity index (χ1n) is 9.34. The third kappa shape index (κ3) is 3.03. The molecule has 2 heterocycles. The second kappa shape index (κ2) is 6.84. The SMILES string of the molecule is CCN1Cc2c(n(CCc3ccc(F)cc3)c3ccc(F)cc23)CC1C. The van der Waals surface area contributed by atoms with Crippen LogP contribution in [0.15, 0.2) is 42.5 Å². The van der Waals surface area contributed by atoms with Gasteiger partial charge in [0.1, 0.15) is 11.6 Å². The lowest BCUT2D eigenvalue weighted by Gasteiger charge is -2.33. The minimum absolute atomic E-state index is 0.183. The van der Waals surface area contributed by atoms with E-state index in [9.17, 15) is 8.78 Å². The van der Waals surface area contributed by atoms with E-state index in [1.54, 1.807) is 12.1 Å². The van der Waals surface area contributed by atoms with Gasteiger partial charge in [0.05, 0.1) is 0 Å². The van der Waals surface area contributed by atoms with Crippen LogP contribution in [0.3, 0.4) is 0 Å². The molecule has 0 bridgehead atoms. The summed E-state index contributed by atoms with van der Waals surface area (Å²) in [5.41, 5.74) is 4.80.